The summed E-state index contributed by atoms with van der Waals surface area (Å²) in [7, 11) is 0. The Morgan fingerprint density at radius 2 is 2.53 bits per heavy atom. The third kappa shape index (κ3) is 2.79. The van der Waals surface area contributed by atoms with E-state index < -0.39 is 0 Å². The second-order valence-electron chi connectivity index (χ2n) is 4.15. The zero-order valence-corrected chi connectivity index (χ0v) is 9.32. The molecule has 0 radical (unpaired) electrons. The molecule has 0 spiro atoms. The van der Waals surface area contributed by atoms with Crippen molar-refractivity contribution in [2.24, 2.45) is 0 Å². The van der Waals surface area contributed by atoms with E-state index in [0.717, 1.165) is 31.0 Å². The number of nitrogens with zero attached hydrogens (tertiary/aromatic N) is 1. The standard InChI is InChI=1S/C11H18N2O2/c1-8-6-10(13-15-8)7-12-9(2)11-4-3-5-14-11/h6,9,11-12H,3-5,7H2,1-2H3/t9-,11-/m0/s1. The van der Waals surface area contributed by atoms with E-state index in [1.807, 2.05) is 13.0 Å². The van der Waals surface area contributed by atoms with Gasteiger partial charge in [-0.1, -0.05) is 5.16 Å². The molecule has 1 aliphatic heterocycles. The van der Waals surface area contributed by atoms with Crippen LogP contribution in [0.3, 0.4) is 0 Å². The summed E-state index contributed by atoms with van der Waals surface area (Å²) in [5, 5.41) is 7.34. The first-order valence-electron chi connectivity index (χ1n) is 5.53. The molecule has 1 fully saturated rings. The number of rotatable bonds is 4. The molecule has 2 atom stereocenters. The van der Waals surface area contributed by atoms with E-state index in [4.69, 9.17) is 9.26 Å². The molecule has 0 saturated carbocycles. The number of aromatic nitrogens is 1. The van der Waals surface area contributed by atoms with Crippen molar-refractivity contribution in [1.29, 1.82) is 0 Å². The van der Waals surface area contributed by atoms with E-state index in [1.54, 1.807) is 0 Å². The normalized spacial score (nSPS) is 23.2. The fraction of sp³-hybridized carbons (Fsp3) is 0.727. The van der Waals surface area contributed by atoms with Gasteiger partial charge in [0.15, 0.2) is 0 Å². The van der Waals surface area contributed by atoms with Gasteiger partial charge in [0, 0.05) is 25.3 Å². The van der Waals surface area contributed by atoms with Crippen molar-refractivity contribution in [1.82, 2.24) is 10.5 Å². The minimum atomic E-state index is 0.359. The molecule has 4 heteroatoms. The molecule has 15 heavy (non-hydrogen) atoms. The lowest BCUT2D eigenvalue weighted by atomic mass is 10.1. The molecule has 2 rings (SSSR count). The predicted molar refractivity (Wildman–Crippen MR) is 56.5 cm³/mol. The van der Waals surface area contributed by atoms with Gasteiger partial charge in [0.2, 0.25) is 0 Å². The summed E-state index contributed by atoms with van der Waals surface area (Å²) in [6.07, 6.45) is 2.70. The van der Waals surface area contributed by atoms with Crippen LogP contribution in [0.4, 0.5) is 0 Å². The Morgan fingerprint density at radius 3 is 3.13 bits per heavy atom. The Labute approximate surface area is 90.0 Å². The van der Waals surface area contributed by atoms with Crippen LogP contribution in [-0.2, 0) is 11.3 Å². The van der Waals surface area contributed by atoms with E-state index in [-0.39, 0.29) is 0 Å². The third-order valence-corrected chi connectivity index (χ3v) is 2.80. The molecule has 0 unspecified atom stereocenters. The van der Waals surface area contributed by atoms with Gasteiger partial charge in [-0.25, -0.2) is 0 Å². The van der Waals surface area contributed by atoms with Gasteiger partial charge >= 0.3 is 0 Å². The second-order valence-corrected chi connectivity index (χ2v) is 4.15. The predicted octanol–water partition coefficient (Wildman–Crippen LogP) is 1.64. The molecule has 1 aliphatic rings. The fourth-order valence-electron chi connectivity index (χ4n) is 1.90. The van der Waals surface area contributed by atoms with Crippen LogP contribution >= 0.6 is 0 Å². The Kier molecular flexibility index (Phi) is 3.38. The maximum Gasteiger partial charge on any atom is 0.133 e. The number of ether oxygens (including phenoxy) is 1. The van der Waals surface area contributed by atoms with Crippen LogP contribution in [0.1, 0.15) is 31.2 Å². The van der Waals surface area contributed by atoms with Crippen LogP contribution in [0.15, 0.2) is 10.6 Å². The molecule has 0 aromatic carbocycles. The topological polar surface area (TPSA) is 47.3 Å². The molecule has 84 valence electrons. The maximum absolute atomic E-state index is 5.60. The van der Waals surface area contributed by atoms with Crippen LogP contribution in [0.5, 0.6) is 0 Å². The summed E-state index contributed by atoms with van der Waals surface area (Å²) in [5.41, 5.74) is 0.956. The largest absolute Gasteiger partial charge is 0.377 e. The van der Waals surface area contributed by atoms with Gasteiger partial charge in [0.1, 0.15) is 5.76 Å². The van der Waals surface area contributed by atoms with Gasteiger partial charge in [-0.05, 0) is 26.7 Å². The van der Waals surface area contributed by atoms with Crippen molar-refractivity contribution in [3.63, 3.8) is 0 Å². The zero-order valence-electron chi connectivity index (χ0n) is 9.32. The van der Waals surface area contributed by atoms with Gasteiger partial charge < -0.3 is 14.6 Å². The third-order valence-electron chi connectivity index (χ3n) is 2.80. The number of hydrogen-bond acceptors (Lipinski definition) is 4. The Bertz CT molecular complexity index is 305. The molecule has 0 aliphatic carbocycles. The van der Waals surface area contributed by atoms with Crippen molar-refractivity contribution in [3.05, 3.63) is 17.5 Å². The minimum absolute atomic E-state index is 0.359. The molecule has 1 saturated heterocycles. The Morgan fingerprint density at radius 1 is 1.67 bits per heavy atom. The highest BCUT2D eigenvalue weighted by Crippen LogP contribution is 2.15. The smallest absolute Gasteiger partial charge is 0.133 e. The summed E-state index contributed by atoms with van der Waals surface area (Å²) in [6, 6.07) is 2.33. The van der Waals surface area contributed by atoms with Gasteiger partial charge in [-0.3, -0.25) is 0 Å². The second kappa shape index (κ2) is 4.77. The summed E-state index contributed by atoms with van der Waals surface area (Å²) in [5.74, 6) is 0.858. The van der Waals surface area contributed by atoms with Crippen LogP contribution in [-0.4, -0.2) is 23.9 Å². The summed E-state index contributed by atoms with van der Waals surface area (Å²) >= 11 is 0. The molecule has 2 heterocycles. The van der Waals surface area contributed by atoms with Gasteiger partial charge in [-0.2, -0.15) is 0 Å². The lowest BCUT2D eigenvalue weighted by molar-refractivity contribution is 0.0830. The highest BCUT2D eigenvalue weighted by atomic mass is 16.5. The summed E-state index contributed by atoms with van der Waals surface area (Å²) in [4.78, 5) is 0. The van der Waals surface area contributed by atoms with Crippen molar-refractivity contribution in [2.75, 3.05) is 6.61 Å². The Hall–Kier alpha value is -0.870. The maximum atomic E-state index is 5.60. The van der Waals surface area contributed by atoms with Crippen LogP contribution < -0.4 is 5.32 Å². The fourth-order valence-corrected chi connectivity index (χ4v) is 1.90. The minimum Gasteiger partial charge on any atom is -0.377 e. The van der Waals surface area contributed by atoms with Crippen molar-refractivity contribution >= 4 is 0 Å². The molecule has 1 aromatic rings. The summed E-state index contributed by atoms with van der Waals surface area (Å²) in [6.45, 7) is 5.71. The first kappa shape index (κ1) is 10.6. The van der Waals surface area contributed by atoms with E-state index in [1.165, 1.54) is 6.42 Å². The van der Waals surface area contributed by atoms with E-state index in [9.17, 15) is 0 Å². The molecular weight excluding hydrogens is 192 g/mol. The molecular formula is C11H18N2O2. The highest BCUT2D eigenvalue weighted by Gasteiger charge is 2.21. The molecule has 4 nitrogen and oxygen atoms in total. The van der Waals surface area contributed by atoms with E-state index in [2.05, 4.69) is 17.4 Å². The molecule has 0 bridgehead atoms. The van der Waals surface area contributed by atoms with Crippen molar-refractivity contribution in [3.8, 4) is 0 Å². The lowest BCUT2D eigenvalue weighted by Gasteiger charge is -2.19. The SMILES string of the molecule is Cc1cc(CN[C@@H](C)[C@@H]2CCCO2)no1. The molecule has 1 aromatic heterocycles. The van der Waals surface area contributed by atoms with Crippen molar-refractivity contribution in [2.45, 2.75) is 45.4 Å². The number of aryl methyl sites for hydroxylation is 1. The van der Waals surface area contributed by atoms with Crippen LogP contribution in [0, 0.1) is 6.92 Å². The monoisotopic (exact) mass is 210 g/mol. The van der Waals surface area contributed by atoms with Gasteiger partial charge in [0.25, 0.3) is 0 Å². The van der Waals surface area contributed by atoms with E-state index in [0.29, 0.717) is 12.1 Å². The lowest BCUT2D eigenvalue weighted by Crippen LogP contribution is -2.36. The van der Waals surface area contributed by atoms with Crippen LogP contribution in [0.2, 0.25) is 0 Å². The average molecular weight is 210 g/mol. The quantitative estimate of drug-likeness (QED) is 0.820. The Balaban J connectivity index is 1.77. The summed E-state index contributed by atoms with van der Waals surface area (Å²) < 4.78 is 10.6. The molecule has 0 amide bonds. The van der Waals surface area contributed by atoms with Gasteiger partial charge in [0.05, 0.1) is 11.8 Å². The van der Waals surface area contributed by atoms with E-state index >= 15 is 0 Å². The number of nitrogens with one attached hydrogen (secondary N) is 1. The first-order valence-corrected chi connectivity index (χ1v) is 5.53. The van der Waals surface area contributed by atoms with Crippen LogP contribution in [0.25, 0.3) is 0 Å². The van der Waals surface area contributed by atoms with Gasteiger partial charge in [-0.15, -0.1) is 0 Å². The zero-order chi connectivity index (χ0) is 10.7. The molecule has 1 N–H and O–H groups in total. The first-order chi connectivity index (χ1) is 7.25. The average Bonchev–Trinajstić information content (AvgIpc) is 2.84. The number of hydrogen-bond donors (Lipinski definition) is 1. The highest BCUT2D eigenvalue weighted by molar-refractivity contribution is 5.03. The van der Waals surface area contributed by atoms with Crippen molar-refractivity contribution < 1.29 is 9.26 Å².